The Hall–Kier alpha value is -3.74. The molecule has 4 aromatic rings. The Morgan fingerprint density at radius 3 is 2.52 bits per heavy atom. The molecule has 0 saturated carbocycles. The fraction of sp³-hybridized carbons (Fsp3) is 0.0500. The second-order valence-corrected chi connectivity index (χ2v) is 5.87. The van der Waals surface area contributed by atoms with Crippen LogP contribution in [0.5, 0.6) is 5.75 Å². The van der Waals surface area contributed by atoms with E-state index in [-0.39, 0.29) is 11.5 Å². The minimum Gasteiger partial charge on any atom is -0.497 e. The van der Waals surface area contributed by atoms with Crippen molar-refractivity contribution >= 4 is 11.6 Å². The van der Waals surface area contributed by atoms with Crippen LogP contribution in [0, 0.1) is 5.82 Å². The SMILES string of the molecule is COc1cccc(-c2cc(C(=O)O)n3nc(-c4ccc(F)cc4)cc3n2)c1. The molecule has 0 atom stereocenters. The molecule has 27 heavy (non-hydrogen) atoms. The van der Waals surface area contributed by atoms with Gasteiger partial charge >= 0.3 is 5.97 Å². The molecule has 2 aromatic heterocycles. The average Bonchev–Trinajstić information content (AvgIpc) is 3.11. The first-order valence-corrected chi connectivity index (χ1v) is 8.09. The van der Waals surface area contributed by atoms with Gasteiger partial charge in [0.2, 0.25) is 0 Å². The fourth-order valence-corrected chi connectivity index (χ4v) is 2.82. The Morgan fingerprint density at radius 2 is 1.81 bits per heavy atom. The van der Waals surface area contributed by atoms with Crippen molar-refractivity contribution in [2.24, 2.45) is 0 Å². The van der Waals surface area contributed by atoms with Gasteiger partial charge in [-0.25, -0.2) is 18.7 Å². The van der Waals surface area contributed by atoms with Crippen molar-refractivity contribution in [2.45, 2.75) is 0 Å². The average molecular weight is 363 g/mol. The van der Waals surface area contributed by atoms with Crippen LogP contribution in [-0.2, 0) is 0 Å². The minimum absolute atomic E-state index is 0.0221. The van der Waals surface area contributed by atoms with Crippen LogP contribution in [0.3, 0.4) is 0 Å². The molecule has 0 amide bonds. The maximum absolute atomic E-state index is 13.2. The molecule has 2 aromatic carbocycles. The Bertz CT molecular complexity index is 1150. The number of ether oxygens (including phenoxy) is 1. The van der Waals surface area contributed by atoms with Crippen LogP contribution in [-0.4, -0.2) is 32.8 Å². The molecule has 6 nitrogen and oxygen atoms in total. The van der Waals surface area contributed by atoms with Gasteiger partial charge in [-0.05, 0) is 42.5 Å². The van der Waals surface area contributed by atoms with Crippen molar-refractivity contribution in [3.63, 3.8) is 0 Å². The van der Waals surface area contributed by atoms with Gasteiger partial charge in [0, 0.05) is 17.2 Å². The van der Waals surface area contributed by atoms with Crippen molar-refractivity contribution in [3.05, 3.63) is 72.2 Å². The molecule has 0 aliphatic carbocycles. The van der Waals surface area contributed by atoms with Gasteiger partial charge in [-0.2, -0.15) is 5.10 Å². The van der Waals surface area contributed by atoms with E-state index in [4.69, 9.17) is 4.74 Å². The lowest BCUT2D eigenvalue weighted by Gasteiger charge is -2.06. The van der Waals surface area contributed by atoms with E-state index in [0.29, 0.717) is 28.3 Å². The highest BCUT2D eigenvalue weighted by Crippen LogP contribution is 2.26. The normalized spacial score (nSPS) is 10.9. The first kappa shape index (κ1) is 16.7. The molecule has 2 heterocycles. The molecular weight excluding hydrogens is 349 g/mol. The summed E-state index contributed by atoms with van der Waals surface area (Å²) in [6.45, 7) is 0. The number of halogens is 1. The quantitative estimate of drug-likeness (QED) is 0.595. The first-order valence-electron chi connectivity index (χ1n) is 8.09. The molecule has 0 aliphatic rings. The lowest BCUT2D eigenvalue weighted by Crippen LogP contribution is -2.08. The van der Waals surface area contributed by atoms with Gasteiger partial charge < -0.3 is 9.84 Å². The summed E-state index contributed by atoms with van der Waals surface area (Å²) in [6, 6.07) is 16.2. The van der Waals surface area contributed by atoms with Crippen LogP contribution in [0.4, 0.5) is 4.39 Å². The van der Waals surface area contributed by atoms with Crippen molar-refractivity contribution in [3.8, 4) is 28.3 Å². The van der Waals surface area contributed by atoms with E-state index in [2.05, 4.69) is 10.1 Å². The molecule has 134 valence electrons. The van der Waals surface area contributed by atoms with Crippen LogP contribution in [0.1, 0.15) is 10.5 Å². The standard InChI is InChI=1S/C20H14FN3O3/c1-27-15-4-2-3-13(9-15)16-10-18(20(25)26)24-19(22-16)11-17(23-24)12-5-7-14(21)8-6-12/h2-11H,1H3,(H,25,26). The Labute approximate surface area is 153 Å². The van der Waals surface area contributed by atoms with Gasteiger partial charge in [0.05, 0.1) is 18.5 Å². The summed E-state index contributed by atoms with van der Waals surface area (Å²) in [6.07, 6.45) is 0. The van der Waals surface area contributed by atoms with Gasteiger partial charge in [-0.3, -0.25) is 0 Å². The van der Waals surface area contributed by atoms with E-state index in [0.717, 1.165) is 5.56 Å². The molecule has 4 rings (SSSR count). The van der Waals surface area contributed by atoms with Gasteiger partial charge in [-0.1, -0.05) is 12.1 Å². The van der Waals surface area contributed by atoms with E-state index < -0.39 is 5.97 Å². The number of nitrogens with zero attached hydrogens (tertiary/aromatic N) is 3. The molecule has 0 radical (unpaired) electrons. The third kappa shape index (κ3) is 3.10. The molecule has 7 heteroatoms. The number of aromatic nitrogens is 3. The number of carbonyl (C=O) groups is 1. The third-order valence-corrected chi connectivity index (χ3v) is 4.15. The van der Waals surface area contributed by atoms with Gasteiger partial charge in [-0.15, -0.1) is 0 Å². The number of rotatable bonds is 4. The Morgan fingerprint density at radius 1 is 1.04 bits per heavy atom. The molecule has 1 N–H and O–H groups in total. The van der Waals surface area contributed by atoms with E-state index in [1.54, 1.807) is 43.5 Å². The zero-order valence-electron chi connectivity index (χ0n) is 14.3. The number of methoxy groups -OCH3 is 1. The fourth-order valence-electron chi connectivity index (χ4n) is 2.82. The number of hydrogen-bond donors (Lipinski definition) is 1. The molecule has 0 saturated heterocycles. The minimum atomic E-state index is -1.12. The molecule has 0 bridgehead atoms. The summed E-state index contributed by atoms with van der Waals surface area (Å²) in [5, 5.41) is 13.9. The summed E-state index contributed by atoms with van der Waals surface area (Å²) in [4.78, 5) is 16.3. The predicted octanol–water partition coefficient (Wildman–Crippen LogP) is 3.91. The lowest BCUT2D eigenvalue weighted by molar-refractivity contribution is 0.0687. The van der Waals surface area contributed by atoms with Crippen molar-refractivity contribution in [1.82, 2.24) is 14.6 Å². The van der Waals surface area contributed by atoms with Gasteiger partial charge in [0.1, 0.15) is 11.6 Å². The van der Waals surface area contributed by atoms with E-state index in [1.165, 1.54) is 22.7 Å². The number of hydrogen-bond acceptors (Lipinski definition) is 4. The second-order valence-electron chi connectivity index (χ2n) is 5.87. The first-order chi connectivity index (χ1) is 13.0. The maximum atomic E-state index is 13.2. The number of aromatic carboxylic acids is 1. The van der Waals surface area contributed by atoms with Crippen LogP contribution in [0.25, 0.3) is 28.2 Å². The molecule has 0 aliphatic heterocycles. The van der Waals surface area contributed by atoms with E-state index >= 15 is 0 Å². The summed E-state index contributed by atoms with van der Waals surface area (Å²) in [7, 11) is 1.56. The zero-order valence-corrected chi connectivity index (χ0v) is 14.3. The Balaban J connectivity index is 1.90. The monoisotopic (exact) mass is 363 g/mol. The number of benzene rings is 2. The van der Waals surface area contributed by atoms with Crippen molar-refractivity contribution in [1.29, 1.82) is 0 Å². The van der Waals surface area contributed by atoms with Crippen LogP contribution in [0.2, 0.25) is 0 Å². The summed E-state index contributed by atoms with van der Waals surface area (Å²) in [5.74, 6) is -0.834. The maximum Gasteiger partial charge on any atom is 0.354 e. The largest absolute Gasteiger partial charge is 0.497 e. The van der Waals surface area contributed by atoms with Crippen LogP contribution >= 0.6 is 0 Å². The smallest absolute Gasteiger partial charge is 0.354 e. The summed E-state index contributed by atoms with van der Waals surface area (Å²) < 4.78 is 19.6. The highest BCUT2D eigenvalue weighted by molar-refractivity contribution is 5.88. The second kappa shape index (κ2) is 6.53. The van der Waals surface area contributed by atoms with E-state index in [1.807, 2.05) is 6.07 Å². The predicted molar refractivity (Wildman–Crippen MR) is 97.3 cm³/mol. The number of carboxylic acid groups (broad SMARTS) is 1. The highest BCUT2D eigenvalue weighted by atomic mass is 19.1. The third-order valence-electron chi connectivity index (χ3n) is 4.15. The number of fused-ring (bicyclic) bond motifs is 1. The zero-order chi connectivity index (χ0) is 19.0. The highest BCUT2D eigenvalue weighted by Gasteiger charge is 2.16. The topological polar surface area (TPSA) is 76.7 Å². The number of carboxylic acids is 1. The summed E-state index contributed by atoms with van der Waals surface area (Å²) in [5.41, 5.74) is 2.75. The van der Waals surface area contributed by atoms with Gasteiger partial charge in [0.15, 0.2) is 11.3 Å². The van der Waals surface area contributed by atoms with Crippen LogP contribution in [0.15, 0.2) is 60.7 Å². The summed E-state index contributed by atoms with van der Waals surface area (Å²) >= 11 is 0. The van der Waals surface area contributed by atoms with E-state index in [9.17, 15) is 14.3 Å². The molecular formula is C20H14FN3O3. The molecule has 0 spiro atoms. The molecule has 0 fully saturated rings. The van der Waals surface area contributed by atoms with Crippen LogP contribution < -0.4 is 4.74 Å². The van der Waals surface area contributed by atoms with Crippen molar-refractivity contribution in [2.75, 3.05) is 7.11 Å². The van der Waals surface area contributed by atoms with Gasteiger partial charge in [0.25, 0.3) is 0 Å². The van der Waals surface area contributed by atoms with Crippen molar-refractivity contribution < 1.29 is 19.0 Å². The lowest BCUT2D eigenvalue weighted by atomic mass is 10.1. The molecule has 0 unspecified atom stereocenters. The Kier molecular flexibility index (Phi) is 4.04.